The van der Waals surface area contributed by atoms with E-state index >= 15 is 0 Å². The van der Waals surface area contributed by atoms with Gasteiger partial charge in [0.15, 0.2) is 0 Å². The lowest BCUT2D eigenvalue weighted by Gasteiger charge is -2.26. The van der Waals surface area contributed by atoms with E-state index in [-0.39, 0.29) is 18.5 Å². The lowest BCUT2D eigenvalue weighted by molar-refractivity contribution is -0.124. The Morgan fingerprint density at radius 3 is 2.24 bits per heavy atom. The molecule has 4 N–H and O–H groups in total. The molecule has 9 heteroatoms. The smallest absolute Gasteiger partial charge is 0.251 e. The average molecular weight is 635 g/mol. The summed E-state index contributed by atoms with van der Waals surface area (Å²) in [5.41, 5.74) is 2.95. The maximum absolute atomic E-state index is 13.8. The molecule has 0 aliphatic rings. The highest BCUT2D eigenvalue weighted by atomic mass is 127. The number of aliphatic hydroxyl groups excluding tert-OH is 1. The highest BCUT2D eigenvalue weighted by molar-refractivity contribution is 14.1. The maximum atomic E-state index is 13.8. The zero-order chi connectivity index (χ0) is 27.7. The van der Waals surface area contributed by atoms with E-state index < -0.39 is 41.6 Å². The van der Waals surface area contributed by atoms with Gasteiger partial charge in [0, 0.05) is 28.3 Å². The number of amides is 2. The molecule has 0 saturated heterocycles. The van der Waals surface area contributed by atoms with Crippen LogP contribution in [0.4, 0.5) is 8.78 Å². The minimum Gasteiger partial charge on any atom is -0.390 e. The van der Waals surface area contributed by atoms with Crippen LogP contribution < -0.4 is 16.0 Å². The normalized spacial score (nSPS) is 13.4. The Labute approximate surface area is 235 Å². The fraction of sp³-hybridized carbons (Fsp3) is 0.310. The van der Waals surface area contributed by atoms with E-state index in [2.05, 4.69) is 51.5 Å². The second kappa shape index (κ2) is 14.3. The third-order valence-corrected chi connectivity index (χ3v) is 6.82. The summed E-state index contributed by atoms with van der Waals surface area (Å²) in [6, 6.07) is 16.3. The standard InChI is InChI=1S/C29H32F2IN3O3/c1-3-19-5-4-6-20(11-19)16-33-17-27(36)26(14-21-12-23(30)15-24(31)13-21)35-28(37)18(2)34-29(38)22-7-9-25(32)10-8-22/h4-13,15,18,26-27,33,36H,3,14,16-17H2,1-2H3,(H,34,38)(H,35,37)/t18-,26+,27-/m0/s1. The van der Waals surface area contributed by atoms with E-state index in [1.54, 1.807) is 24.3 Å². The van der Waals surface area contributed by atoms with Crippen LogP contribution in [0.3, 0.4) is 0 Å². The molecular weight excluding hydrogens is 603 g/mol. The quantitative estimate of drug-likeness (QED) is 0.226. The van der Waals surface area contributed by atoms with Crippen molar-refractivity contribution in [2.24, 2.45) is 0 Å². The van der Waals surface area contributed by atoms with Crippen LogP contribution in [0, 0.1) is 15.2 Å². The lowest BCUT2D eigenvalue weighted by atomic mass is 10.00. The van der Waals surface area contributed by atoms with Gasteiger partial charge in [-0.1, -0.05) is 31.2 Å². The van der Waals surface area contributed by atoms with Crippen molar-refractivity contribution in [1.29, 1.82) is 0 Å². The molecule has 3 rings (SSSR count). The SMILES string of the molecule is CCc1cccc(CNC[C@H](O)[C@@H](Cc2cc(F)cc(F)c2)NC(=O)[C@H](C)NC(=O)c2ccc(I)cc2)c1. The second-order valence-corrected chi connectivity index (χ2v) is 10.4. The molecule has 0 saturated carbocycles. The Kier molecular flexibility index (Phi) is 11.2. The molecule has 38 heavy (non-hydrogen) atoms. The summed E-state index contributed by atoms with van der Waals surface area (Å²) in [5.74, 6) is -2.43. The van der Waals surface area contributed by atoms with Crippen molar-refractivity contribution in [3.8, 4) is 0 Å². The van der Waals surface area contributed by atoms with Gasteiger partial charge < -0.3 is 21.1 Å². The molecule has 202 valence electrons. The molecule has 3 aromatic rings. The molecule has 0 aliphatic carbocycles. The van der Waals surface area contributed by atoms with Crippen molar-refractivity contribution in [2.75, 3.05) is 6.54 Å². The Morgan fingerprint density at radius 2 is 1.58 bits per heavy atom. The van der Waals surface area contributed by atoms with Crippen LogP contribution in [-0.2, 0) is 24.2 Å². The fourth-order valence-corrected chi connectivity index (χ4v) is 4.35. The number of hydrogen-bond donors (Lipinski definition) is 4. The highest BCUT2D eigenvalue weighted by Gasteiger charge is 2.25. The predicted molar refractivity (Wildman–Crippen MR) is 152 cm³/mol. The van der Waals surface area contributed by atoms with Crippen molar-refractivity contribution in [2.45, 2.75) is 51.4 Å². The van der Waals surface area contributed by atoms with E-state index in [1.165, 1.54) is 24.6 Å². The van der Waals surface area contributed by atoms with Crippen LogP contribution in [0.2, 0.25) is 0 Å². The second-order valence-electron chi connectivity index (χ2n) is 9.17. The van der Waals surface area contributed by atoms with E-state index in [0.29, 0.717) is 12.1 Å². The number of aryl methyl sites for hydroxylation is 1. The zero-order valence-corrected chi connectivity index (χ0v) is 23.5. The van der Waals surface area contributed by atoms with Crippen LogP contribution in [-0.4, -0.2) is 41.7 Å². The molecule has 0 bridgehead atoms. The number of aliphatic hydroxyl groups is 1. The first-order valence-electron chi connectivity index (χ1n) is 12.4. The van der Waals surface area contributed by atoms with E-state index in [9.17, 15) is 23.5 Å². The minimum absolute atomic E-state index is 0.00756. The number of rotatable bonds is 12. The van der Waals surface area contributed by atoms with Gasteiger partial charge in [-0.25, -0.2) is 8.78 Å². The monoisotopic (exact) mass is 635 g/mol. The van der Waals surface area contributed by atoms with Crippen LogP contribution in [0.25, 0.3) is 0 Å². The molecule has 0 aliphatic heterocycles. The topological polar surface area (TPSA) is 90.5 Å². The van der Waals surface area contributed by atoms with Crippen molar-refractivity contribution >= 4 is 34.4 Å². The van der Waals surface area contributed by atoms with E-state index in [4.69, 9.17) is 0 Å². The number of benzene rings is 3. The molecule has 6 nitrogen and oxygen atoms in total. The average Bonchev–Trinajstić information content (AvgIpc) is 2.88. The molecule has 0 radical (unpaired) electrons. The van der Waals surface area contributed by atoms with Gasteiger partial charge in [0.25, 0.3) is 5.91 Å². The Balaban J connectivity index is 1.66. The van der Waals surface area contributed by atoms with Gasteiger partial charge >= 0.3 is 0 Å². The number of nitrogens with one attached hydrogen (secondary N) is 3. The van der Waals surface area contributed by atoms with Crippen LogP contribution in [0.5, 0.6) is 0 Å². The van der Waals surface area contributed by atoms with Gasteiger partial charge in [-0.2, -0.15) is 0 Å². The molecule has 0 unspecified atom stereocenters. The first-order chi connectivity index (χ1) is 18.1. The molecule has 3 aromatic carbocycles. The predicted octanol–water partition coefficient (Wildman–Crippen LogP) is 4.13. The number of hydrogen-bond acceptors (Lipinski definition) is 4. The number of carbonyl (C=O) groups is 2. The molecular formula is C29H32F2IN3O3. The number of carbonyl (C=O) groups excluding carboxylic acids is 2. The van der Waals surface area contributed by atoms with E-state index in [1.807, 2.05) is 18.2 Å². The van der Waals surface area contributed by atoms with Crippen molar-refractivity contribution in [1.82, 2.24) is 16.0 Å². The first kappa shape index (κ1) is 29.7. The fourth-order valence-electron chi connectivity index (χ4n) is 3.99. The third kappa shape index (κ3) is 9.14. The summed E-state index contributed by atoms with van der Waals surface area (Å²) < 4.78 is 28.6. The molecule has 0 aromatic heterocycles. The molecule has 0 spiro atoms. The third-order valence-electron chi connectivity index (χ3n) is 6.10. The van der Waals surface area contributed by atoms with Crippen molar-refractivity contribution in [3.05, 3.63) is 104 Å². The van der Waals surface area contributed by atoms with E-state index in [0.717, 1.165) is 21.6 Å². The Hall–Kier alpha value is -2.89. The Bertz CT molecular complexity index is 1220. The zero-order valence-electron chi connectivity index (χ0n) is 21.3. The van der Waals surface area contributed by atoms with Crippen molar-refractivity contribution in [3.63, 3.8) is 0 Å². The summed E-state index contributed by atoms with van der Waals surface area (Å²) in [4.78, 5) is 25.5. The molecule has 3 atom stereocenters. The summed E-state index contributed by atoms with van der Waals surface area (Å²) in [6.07, 6.45) is -0.168. The maximum Gasteiger partial charge on any atom is 0.251 e. The van der Waals surface area contributed by atoms with Crippen LogP contribution >= 0.6 is 22.6 Å². The molecule has 0 fully saturated rings. The first-order valence-corrected chi connectivity index (χ1v) is 13.5. The van der Waals surface area contributed by atoms with Crippen LogP contribution in [0.1, 0.15) is 40.9 Å². The summed E-state index contributed by atoms with van der Waals surface area (Å²) in [6.45, 7) is 4.23. The van der Waals surface area contributed by atoms with Gasteiger partial charge in [0.05, 0.1) is 12.1 Å². The largest absolute Gasteiger partial charge is 0.390 e. The summed E-state index contributed by atoms with van der Waals surface area (Å²) in [5, 5.41) is 19.5. The van der Waals surface area contributed by atoms with Gasteiger partial charge in [-0.15, -0.1) is 0 Å². The van der Waals surface area contributed by atoms with Crippen molar-refractivity contribution < 1.29 is 23.5 Å². The lowest BCUT2D eigenvalue weighted by Crippen LogP contribution is -2.54. The van der Waals surface area contributed by atoms with Gasteiger partial charge in [-0.3, -0.25) is 9.59 Å². The number of halogens is 3. The molecule has 2 amide bonds. The van der Waals surface area contributed by atoms with Crippen LogP contribution in [0.15, 0.2) is 66.7 Å². The van der Waals surface area contributed by atoms with Gasteiger partial charge in [-0.05, 0) is 95.4 Å². The summed E-state index contributed by atoms with van der Waals surface area (Å²) >= 11 is 2.13. The molecule has 0 heterocycles. The summed E-state index contributed by atoms with van der Waals surface area (Å²) in [7, 11) is 0. The highest BCUT2D eigenvalue weighted by Crippen LogP contribution is 2.13. The van der Waals surface area contributed by atoms with Gasteiger partial charge in [0.1, 0.15) is 17.7 Å². The van der Waals surface area contributed by atoms with Gasteiger partial charge in [0.2, 0.25) is 5.91 Å². The Morgan fingerprint density at radius 1 is 0.921 bits per heavy atom. The minimum atomic E-state index is -1.07.